The summed E-state index contributed by atoms with van der Waals surface area (Å²) in [6.07, 6.45) is 5.58. The Kier molecular flexibility index (Phi) is 6.05. The lowest BCUT2D eigenvalue weighted by Gasteiger charge is -2.18. The van der Waals surface area contributed by atoms with Crippen molar-refractivity contribution in [3.63, 3.8) is 0 Å². The third kappa shape index (κ3) is 4.45. The van der Waals surface area contributed by atoms with Crippen LogP contribution < -0.4 is 0 Å². The summed E-state index contributed by atoms with van der Waals surface area (Å²) in [7, 11) is 0. The third-order valence-corrected chi connectivity index (χ3v) is 8.42. The number of benzene rings is 6. The van der Waals surface area contributed by atoms with Crippen molar-refractivity contribution < 1.29 is 0 Å². The Labute approximate surface area is 251 Å². The second-order valence-electron chi connectivity index (χ2n) is 11.2. The number of fused-ring (bicyclic) bond motifs is 3. The van der Waals surface area contributed by atoms with Gasteiger partial charge in [-0.1, -0.05) is 115 Å². The van der Waals surface area contributed by atoms with Gasteiger partial charge in [-0.3, -0.25) is 9.97 Å². The smallest absolute Gasteiger partial charge is 0.0702 e. The molecule has 43 heavy (non-hydrogen) atoms. The molecule has 0 radical (unpaired) electrons. The van der Waals surface area contributed by atoms with E-state index in [1.165, 1.54) is 60.1 Å². The molecule has 2 heterocycles. The topological polar surface area (TPSA) is 25.8 Å². The second-order valence-corrected chi connectivity index (χ2v) is 11.2. The fourth-order valence-corrected chi connectivity index (χ4v) is 6.38. The molecule has 2 heteroatoms. The quantitative estimate of drug-likeness (QED) is 0.204. The predicted octanol–water partition coefficient (Wildman–Crippen LogP) is 10.9. The van der Waals surface area contributed by atoms with Gasteiger partial charge >= 0.3 is 0 Å². The normalized spacial score (nSPS) is 11.4. The summed E-state index contributed by atoms with van der Waals surface area (Å²) < 4.78 is 0. The van der Waals surface area contributed by atoms with Gasteiger partial charge in [-0.05, 0) is 85.8 Å². The highest BCUT2D eigenvalue weighted by atomic mass is 14.7. The van der Waals surface area contributed by atoms with E-state index in [1.54, 1.807) is 6.20 Å². The van der Waals surface area contributed by atoms with Gasteiger partial charge in [0, 0.05) is 35.3 Å². The lowest BCUT2D eigenvalue weighted by Crippen LogP contribution is -1.91. The zero-order valence-electron chi connectivity index (χ0n) is 23.8. The number of rotatable bonds is 4. The van der Waals surface area contributed by atoms with Crippen molar-refractivity contribution in [2.24, 2.45) is 0 Å². The molecule has 0 spiro atoms. The van der Waals surface area contributed by atoms with Gasteiger partial charge in [0.2, 0.25) is 0 Å². The summed E-state index contributed by atoms with van der Waals surface area (Å²) in [5, 5.41) is 7.50. The van der Waals surface area contributed by atoms with Crippen LogP contribution in [0.5, 0.6) is 0 Å². The van der Waals surface area contributed by atoms with Crippen molar-refractivity contribution in [3.05, 3.63) is 158 Å². The van der Waals surface area contributed by atoms with Gasteiger partial charge in [-0.2, -0.15) is 0 Å². The largest absolute Gasteiger partial charge is 0.264 e. The highest BCUT2D eigenvalue weighted by molar-refractivity contribution is 6.21. The van der Waals surface area contributed by atoms with Gasteiger partial charge in [-0.15, -0.1) is 0 Å². The number of hydrogen-bond acceptors (Lipinski definition) is 2. The molecule has 6 aromatic carbocycles. The first-order valence-electron chi connectivity index (χ1n) is 14.6. The minimum atomic E-state index is 0.961. The number of hydrogen-bond donors (Lipinski definition) is 0. The monoisotopic (exact) mass is 548 g/mol. The van der Waals surface area contributed by atoms with Gasteiger partial charge in [-0.25, -0.2) is 0 Å². The summed E-state index contributed by atoms with van der Waals surface area (Å²) in [6, 6.07) is 48.2. The van der Waals surface area contributed by atoms with Crippen LogP contribution in [-0.4, -0.2) is 9.97 Å². The molecule has 0 aliphatic heterocycles. The molecule has 0 bridgehead atoms. The molecule has 0 atom stereocenters. The van der Waals surface area contributed by atoms with Crippen LogP contribution in [0.1, 0.15) is 5.56 Å². The number of pyridine rings is 2. The summed E-state index contributed by atoms with van der Waals surface area (Å²) >= 11 is 0. The first-order valence-corrected chi connectivity index (χ1v) is 14.6. The Balaban J connectivity index is 1.25. The fraction of sp³-hybridized carbons (Fsp3) is 0.0244. The molecule has 0 fully saturated rings. The molecule has 8 aromatic rings. The van der Waals surface area contributed by atoms with E-state index in [2.05, 4.69) is 139 Å². The molecule has 0 amide bonds. The molecular formula is C41H28N2. The Morgan fingerprint density at radius 2 is 0.977 bits per heavy atom. The van der Waals surface area contributed by atoms with Crippen LogP contribution >= 0.6 is 0 Å². The average Bonchev–Trinajstić information content (AvgIpc) is 3.07. The Hall–Kier alpha value is -5.60. The zero-order valence-corrected chi connectivity index (χ0v) is 23.8. The Bertz CT molecular complexity index is 2230. The van der Waals surface area contributed by atoms with Crippen molar-refractivity contribution in [2.75, 3.05) is 0 Å². The second kappa shape index (κ2) is 10.3. The number of aromatic nitrogens is 2. The van der Waals surface area contributed by atoms with Crippen LogP contribution in [0, 0.1) is 6.92 Å². The summed E-state index contributed by atoms with van der Waals surface area (Å²) in [4.78, 5) is 9.01. The number of nitrogens with zero attached hydrogens (tertiary/aromatic N) is 2. The zero-order chi connectivity index (χ0) is 28.8. The molecule has 0 N–H and O–H groups in total. The van der Waals surface area contributed by atoms with Crippen molar-refractivity contribution in [3.8, 4) is 44.6 Å². The van der Waals surface area contributed by atoms with Crippen LogP contribution in [0.25, 0.3) is 77.0 Å². The van der Waals surface area contributed by atoms with Gasteiger partial charge < -0.3 is 0 Å². The van der Waals surface area contributed by atoms with Gasteiger partial charge in [0.1, 0.15) is 0 Å². The Morgan fingerprint density at radius 1 is 0.419 bits per heavy atom. The lowest BCUT2D eigenvalue weighted by molar-refractivity contribution is 1.30. The van der Waals surface area contributed by atoms with Crippen molar-refractivity contribution in [2.45, 2.75) is 6.92 Å². The van der Waals surface area contributed by atoms with Crippen LogP contribution in [0.3, 0.4) is 0 Å². The highest BCUT2D eigenvalue weighted by Gasteiger charge is 2.17. The van der Waals surface area contributed by atoms with Crippen molar-refractivity contribution >= 4 is 32.3 Å². The first kappa shape index (κ1) is 25.1. The summed E-state index contributed by atoms with van der Waals surface area (Å²) in [5.74, 6) is 0. The lowest BCUT2D eigenvalue weighted by atomic mass is 9.85. The Morgan fingerprint density at radius 3 is 1.56 bits per heavy atom. The maximum atomic E-state index is 4.78. The standard InChI is InChI=1S/C41H28N2/c1-27-8-6-9-31(22-27)40-35-11-2-4-13-37(35)41(38-14-5-3-12-36(38)40)32-18-16-28-23-30(17-15-29(28)24-32)39-20-19-34(26-43-39)33-10-7-21-42-25-33/h2-26H,1H3. The molecule has 0 saturated heterocycles. The molecule has 2 nitrogen and oxygen atoms in total. The molecule has 202 valence electrons. The van der Waals surface area contributed by atoms with Crippen LogP contribution in [0.2, 0.25) is 0 Å². The van der Waals surface area contributed by atoms with Crippen molar-refractivity contribution in [1.29, 1.82) is 0 Å². The SMILES string of the molecule is Cc1cccc(-c2c3ccccc3c(-c3ccc4cc(-c5ccc(-c6cccnc6)cn5)ccc4c3)c3ccccc23)c1. The molecule has 0 unspecified atom stereocenters. The minimum absolute atomic E-state index is 0.961. The molecule has 2 aromatic heterocycles. The van der Waals surface area contributed by atoms with E-state index < -0.39 is 0 Å². The first-order chi connectivity index (χ1) is 21.2. The predicted molar refractivity (Wildman–Crippen MR) is 181 cm³/mol. The maximum absolute atomic E-state index is 4.78. The van der Waals surface area contributed by atoms with Crippen molar-refractivity contribution in [1.82, 2.24) is 9.97 Å². The van der Waals surface area contributed by atoms with E-state index in [4.69, 9.17) is 4.98 Å². The van der Waals surface area contributed by atoms with E-state index in [9.17, 15) is 0 Å². The fourth-order valence-electron chi connectivity index (χ4n) is 6.38. The average molecular weight is 549 g/mol. The molecule has 0 aliphatic carbocycles. The molecule has 0 saturated carbocycles. The molecule has 0 aliphatic rings. The van der Waals surface area contributed by atoms with Gasteiger partial charge in [0.25, 0.3) is 0 Å². The third-order valence-electron chi connectivity index (χ3n) is 8.42. The summed E-state index contributed by atoms with van der Waals surface area (Å²) in [6.45, 7) is 2.16. The van der Waals surface area contributed by atoms with E-state index in [0.717, 1.165) is 22.4 Å². The highest BCUT2D eigenvalue weighted by Crippen LogP contribution is 2.44. The van der Waals surface area contributed by atoms with Crippen LogP contribution in [0.15, 0.2) is 152 Å². The molecular weight excluding hydrogens is 520 g/mol. The van der Waals surface area contributed by atoms with E-state index >= 15 is 0 Å². The number of aryl methyl sites for hydroxylation is 1. The van der Waals surface area contributed by atoms with Crippen LogP contribution in [0.4, 0.5) is 0 Å². The van der Waals surface area contributed by atoms with E-state index in [-0.39, 0.29) is 0 Å². The molecule has 8 rings (SSSR count). The summed E-state index contributed by atoms with van der Waals surface area (Å²) in [5.41, 5.74) is 10.5. The maximum Gasteiger partial charge on any atom is 0.0702 e. The minimum Gasteiger partial charge on any atom is -0.264 e. The van der Waals surface area contributed by atoms with E-state index in [1.807, 2.05) is 18.5 Å². The van der Waals surface area contributed by atoms with Gasteiger partial charge in [0.15, 0.2) is 0 Å². The van der Waals surface area contributed by atoms with E-state index in [0.29, 0.717) is 0 Å². The van der Waals surface area contributed by atoms with Crippen LogP contribution in [-0.2, 0) is 0 Å². The van der Waals surface area contributed by atoms with Gasteiger partial charge in [0.05, 0.1) is 5.69 Å².